The number of aromatic nitrogens is 2. The number of methoxy groups -OCH3 is 3. The Balaban J connectivity index is 2.04. The molecular weight excluding hydrogens is 404 g/mol. The molecule has 9 heteroatoms. The van der Waals surface area contributed by atoms with Crippen LogP contribution in [-0.4, -0.2) is 56.3 Å². The van der Waals surface area contributed by atoms with Crippen LogP contribution in [0.25, 0.3) is 16.9 Å². The fourth-order valence-corrected chi connectivity index (χ4v) is 3.37. The molecular formula is C22H20N2O7. The lowest BCUT2D eigenvalue weighted by molar-refractivity contribution is 0.0549. The molecule has 1 aliphatic rings. The number of para-hydroxylation sites is 1. The minimum Gasteiger partial charge on any atom is -0.496 e. The van der Waals surface area contributed by atoms with Gasteiger partial charge >= 0.3 is 11.9 Å². The van der Waals surface area contributed by atoms with Gasteiger partial charge in [0.25, 0.3) is 0 Å². The third kappa shape index (κ3) is 3.54. The second-order valence-electron chi connectivity index (χ2n) is 6.50. The minimum atomic E-state index is -0.741. The molecule has 0 radical (unpaired) electrons. The van der Waals surface area contributed by atoms with Crippen molar-refractivity contribution in [2.45, 2.75) is 0 Å². The molecule has 0 bridgehead atoms. The number of hydrogen-bond donors (Lipinski definition) is 0. The van der Waals surface area contributed by atoms with Gasteiger partial charge in [-0.15, -0.1) is 0 Å². The van der Waals surface area contributed by atoms with E-state index in [1.165, 1.54) is 26.0 Å². The number of benzene rings is 2. The van der Waals surface area contributed by atoms with Crippen LogP contribution in [0.5, 0.6) is 17.2 Å². The van der Waals surface area contributed by atoms with E-state index in [2.05, 4.69) is 5.10 Å². The normalized spacial score (nSPS) is 12.2. The standard InChI is InChI=1S/C22H20N2O7/c1-27-15-12-17-16(30-9-10-31-17)11-14(15)19-18(21(25)28-2)20(22(26)29-3)24(23-19)13-7-5-4-6-8-13/h4-8,11-12H,9-10H2,1-3H3. The average Bonchev–Trinajstić information content (AvgIpc) is 3.23. The van der Waals surface area contributed by atoms with Crippen molar-refractivity contribution >= 4 is 11.9 Å². The van der Waals surface area contributed by atoms with E-state index in [0.717, 1.165) is 0 Å². The highest BCUT2D eigenvalue weighted by Gasteiger charge is 2.33. The molecule has 2 aromatic carbocycles. The van der Waals surface area contributed by atoms with E-state index in [0.29, 0.717) is 41.7 Å². The van der Waals surface area contributed by atoms with Crippen LogP contribution in [0.15, 0.2) is 42.5 Å². The first-order valence-electron chi connectivity index (χ1n) is 9.42. The molecule has 0 aliphatic carbocycles. The monoisotopic (exact) mass is 424 g/mol. The van der Waals surface area contributed by atoms with E-state index >= 15 is 0 Å². The summed E-state index contributed by atoms with van der Waals surface area (Å²) in [6.45, 7) is 0.798. The predicted octanol–water partition coefficient (Wildman–Crippen LogP) is 2.89. The first-order valence-corrected chi connectivity index (χ1v) is 9.42. The van der Waals surface area contributed by atoms with E-state index in [4.69, 9.17) is 23.7 Å². The number of nitrogens with zero attached hydrogens (tertiary/aromatic N) is 2. The van der Waals surface area contributed by atoms with Crippen LogP contribution in [-0.2, 0) is 9.47 Å². The predicted molar refractivity (Wildman–Crippen MR) is 109 cm³/mol. The van der Waals surface area contributed by atoms with Crippen LogP contribution in [0.4, 0.5) is 0 Å². The van der Waals surface area contributed by atoms with Gasteiger partial charge in [0.1, 0.15) is 30.2 Å². The van der Waals surface area contributed by atoms with Crippen molar-refractivity contribution in [3.8, 4) is 34.2 Å². The zero-order valence-electron chi connectivity index (χ0n) is 17.2. The number of hydrogen-bond acceptors (Lipinski definition) is 8. The molecule has 0 amide bonds. The number of ether oxygens (including phenoxy) is 5. The summed E-state index contributed by atoms with van der Waals surface area (Å²) < 4.78 is 28.1. The molecule has 0 atom stereocenters. The van der Waals surface area contributed by atoms with Gasteiger partial charge in [-0.05, 0) is 18.2 Å². The zero-order chi connectivity index (χ0) is 22.0. The van der Waals surface area contributed by atoms with Crippen molar-refractivity contribution in [1.29, 1.82) is 0 Å². The van der Waals surface area contributed by atoms with Crippen molar-refractivity contribution in [3.05, 3.63) is 53.7 Å². The van der Waals surface area contributed by atoms with E-state index in [-0.39, 0.29) is 17.0 Å². The lowest BCUT2D eigenvalue weighted by atomic mass is 10.0. The summed E-state index contributed by atoms with van der Waals surface area (Å²) in [5.74, 6) is -0.0912. The van der Waals surface area contributed by atoms with Crippen LogP contribution in [0.1, 0.15) is 20.8 Å². The maximum absolute atomic E-state index is 12.8. The highest BCUT2D eigenvalue weighted by atomic mass is 16.6. The number of rotatable bonds is 5. The molecule has 1 aliphatic heterocycles. The lowest BCUT2D eigenvalue weighted by Crippen LogP contribution is -2.16. The molecule has 0 saturated carbocycles. The minimum absolute atomic E-state index is 0.0480. The largest absolute Gasteiger partial charge is 0.496 e. The Morgan fingerprint density at radius 2 is 1.58 bits per heavy atom. The summed E-state index contributed by atoms with van der Waals surface area (Å²) in [6.07, 6.45) is 0. The van der Waals surface area contributed by atoms with Crippen LogP contribution in [0.2, 0.25) is 0 Å². The maximum atomic E-state index is 12.8. The van der Waals surface area contributed by atoms with E-state index in [1.807, 2.05) is 6.07 Å². The third-order valence-corrected chi connectivity index (χ3v) is 4.77. The lowest BCUT2D eigenvalue weighted by Gasteiger charge is -2.20. The molecule has 0 fully saturated rings. The summed E-state index contributed by atoms with van der Waals surface area (Å²) in [5.41, 5.74) is 1.08. The Morgan fingerprint density at radius 3 is 2.19 bits per heavy atom. The topological polar surface area (TPSA) is 98.1 Å². The van der Waals surface area contributed by atoms with Crippen LogP contribution in [0, 0.1) is 0 Å². The van der Waals surface area contributed by atoms with Gasteiger partial charge in [-0.3, -0.25) is 0 Å². The Bertz CT molecular complexity index is 1140. The summed E-state index contributed by atoms with van der Waals surface area (Å²) in [5, 5.41) is 4.58. The van der Waals surface area contributed by atoms with E-state index < -0.39 is 11.9 Å². The van der Waals surface area contributed by atoms with Crippen LogP contribution in [0.3, 0.4) is 0 Å². The van der Waals surface area contributed by atoms with Gasteiger partial charge in [-0.1, -0.05) is 18.2 Å². The molecule has 0 saturated heterocycles. The first-order chi connectivity index (χ1) is 15.1. The van der Waals surface area contributed by atoms with Gasteiger partial charge in [-0.2, -0.15) is 5.10 Å². The van der Waals surface area contributed by atoms with Crippen molar-refractivity contribution in [1.82, 2.24) is 9.78 Å². The SMILES string of the molecule is COC(=O)c1c(-c2cc3c(cc2OC)OCCO3)nn(-c2ccccc2)c1C(=O)OC. The van der Waals surface area contributed by atoms with Gasteiger partial charge in [0.05, 0.1) is 27.0 Å². The van der Waals surface area contributed by atoms with E-state index in [9.17, 15) is 9.59 Å². The summed E-state index contributed by atoms with van der Waals surface area (Å²) in [7, 11) is 3.95. The first kappa shape index (κ1) is 20.3. The van der Waals surface area contributed by atoms with Gasteiger partial charge in [0, 0.05) is 11.6 Å². The molecule has 0 N–H and O–H groups in total. The molecule has 1 aromatic heterocycles. The van der Waals surface area contributed by atoms with Crippen LogP contribution < -0.4 is 14.2 Å². The van der Waals surface area contributed by atoms with Crippen molar-refractivity contribution < 1.29 is 33.3 Å². The van der Waals surface area contributed by atoms with Gasteiger partial charge in [-0.25, -0.2) is 14.3 Å². The van der Waals surface area contributed by atoms with Gasteiger partial charge in [0.15, 0.2) is 17.2 Å². The summed E-state index contributed by atoms with van der Waals surface area (Å²) in [6, 6.07) is 12.2. The maximum Gasteiger partial charge on any atom is 0.357 e. The molecule has 0 unspecified atom stereocenters. The van der Waals surface area contributed by atoms with Gasteiger partial charge in [0.2, 0.25) is 0 Å². The fourth-order valence-electron chi connectivity index (χ4n) is 3.37. The highest BCUT2D eigenvalue weighted by Crippen LogP contribution is 2.43. The quantitative estimate of drug-likeness (QED) is 0.577. The number of carbonyl (C=O) groups excluding carboxylic acids is 2. The van der Waals surface area contributed by atoms with Crippen molar-refractivity contribution in [2.75, 3.05) is 34.5 Å². The fraction of sp³-hybridized carbons (Fsp3) is 0.227. The Morgan fingerprint density at radius 1 is 0.935 bits per heavy atom. The van der Waals surface area contributed by atoms with Crippen molar-refractivity contribution in [3.63, 3.8) is 0 Å². The number of carbonyl (C=O) groups is 2. The highest BCUT2D eigenvalue weighted by molar-refractivity contribution is 6.07. The summed E-state index contributed by atoms with van der Waals surface area (Å²) in [4.78, 5) is 25.5. The average molecular weight is 424 g/mol. The Labute approximate surface area is 178 Å². The second-order valence-corrected chi connectivity index (χ2v) is 6.50. The molecule has 2 heterocycles. The third-order valence-electron chi connectivity index (χ3n) is 4.77. The van der Waals surface area contributed by atoms with E-state index in [1.54, 1.807) is 36.4 Å². The smallest absolute Gasteiger partial charge is 0.357 e. The molecule has 160 valence electrons. The summed E-state index contributed by atoms with van der Waals surface area (Å²) >= 11 is 0. The van der Waals surface area contributed by atoms with Gasteiger partial charge < -0.3 is 23.7 Å². The zero-order valence-corrected chi connectivity index (χ0v) is 17.2. The number of fused-ring (bicyclic) bond motifs is 1. The Hall–Kier alpha value is -4.01. The molecule has 0 spiro atoms. The second kappa shape index (κ2) is 8.39. The van der Waals surface area contributed by atoms with Crippen molar-refractivity contribution in [2.24, 2.45) is 0 Å². The number of esters is 2. The van der Waals surface area contributed by atoms with Crippen LogP contribution >= 0.6 is 0 Å². The molecule has 31 heavy (non-hydrogen) atoms. The molecule has 4 rings (SSSR count). The molecule has 9 nitrogen and oxygen atoms in total. The molecule has 3 aromatic rings. The Kier molecular flexibility index (Phi) is 5.48.